The van der Waals surface area contributed by atoms with E-state index in [0.717, 1.165) is 6.26 Å². The van der Waals surface area contributed by atoms with Crippen LogP contribution in [0.3, 0.4) is 0 Å². The summed E-state index contributed by atoms with van der Waals surface area (Å²) in [6, 6.07) is 15.9. The molecule has 1 heterocycles. The Hall–Kier alpha value is -5.25. The molecule has 1 aromatic heterocycles. The van der Waals surface area contributed by atoms with Gasteiger partial charge in [-0.15, -0.1) is 0 Å². The first-order chi connectivity index (χ1) is 22.5. The number of nitrogens with one attached hydrogen (secondary N) is 3. The fourth-order valence-electron chi connectivity index (χ4n) is 4.68. The summed E-state index contributed by atoms with van der Waals surface area (Å²) in [5.41, 5.74) is 3.52. The van der Waals surface area contributed by atoms with Gasteiger partial charge in [-0.25, -0.2) is 18.2 Å². The lowest BCUT2D eigenvalue weighted by molar-refractivity contribution is -0.213. The van der Waals surface area contributed by atoms with Gasteiger partial charge in [0.2, 0.25) is 10.0 Å². The number of nitrogens with two attached hydrogens (primary N) is 1. The Bertz CT molecular complexity index is 1920. The molecule has 4 aromatic rings. The van der Waals surface area contributed by atoms with Crippen LogP contribution in [-0.4, -0.2) is 50.4 Å². The molecule has 0 aliphatic rings. The first-order valence-corrected chi connectivity index (χ1v) is 16.4. The molecular formula is C32H34F3N5O7S. The van der Waals surface area contributed by atoms with Crippen molar-refractivity contribution in [3.63, 3.8) is 0 Å². The third-order valence-electron chi connectivity index (χ3n) is 6.61. The second-order valence-corrected chi connectivity index (χ2v) is 12.6. The highest BCUT2D eigenvalue weighted by Crippen LogP contribution is 2.38. The number of nitrogen functional groups attached to an aromatic ring is 1. The van der Waals surface area contributed by atoms with Crippen molar-refractivity contribution in [1.29, 1.82) is 0 Å². The Balaban J connectivity index is 1.88. The van der Waals surface area contributed by atoms with Gasteiger partial charge in [-0.3, -0.25) is 9.52 Å². The van der Waals surface area contributed by atoms with E-state index in [0.29, 0.717) is 16.3 Å². The standard InChI is InChI=1S/C32H34F3N5O7S/c1-5-45-27-17-22(9-12-26(27)46-19(2)3)31(47-30(42)32(33,34)35,39-23-10-11-25-21(16-23)13-14-37-28(25)36)29(41)38-18-20-7-6-8-24(15-20)40-48(4,43)44/h6-17,19,39-40H,5,18H2,1-4H3,(H2,36,37)(H,38,41). The molecule has 0 radical (unpaired) electrons. The lowest BCUT2D eigenvalue weighted by Gasteiger charge is -2.34. The molecule has 48 heavy (non-hydrogen) atoms. The summed E-state index contributed by atoms with van der Waals surface area (Å²) < 4.78 is 83.9. The molecule has 1 unspecified atom stereocenters. The van der Waals surface area contributed by atoms with Crippen LogP contribution >= 0.6 is 0 Å². The van der Waals surface area contributed by atoms with E-state index in [9.17, 15) is 31.2 Å². The van der Waals surface area contributed by atoms with Gasteiger partial charge in [-0.2, -0.15) is 13.2 Å². The van der Waals surface area contributed by atoms with Gasteiger partial charge in [-0.05, 0) is 86.3 Å². The van der Waals surface area contributed by atoms with Crippen molar-refractivity contribution in [3.8, 4) is 11.5 Å². The predicted octanol–water partition coefficient (Wildman–Crippen LogP) is 5.06. The largest absolute Gasteiger partial charge is 0.491 e. The molecule has 4 rings (SSSR count). The number of benzene rings is 3. The molecule has 0 saturated heterocycles. The number of pyridine rings is 1. The number of carbonyl (C=O) groups excluding carboxylic acids is 2. The third kappa shape index (κ3) is 8.76. The zero-order chi connectivity index (χ0) is 35.3. The molecular weight excluding hydrogens is 655 g/mol. The van der Waals surface area contributed by atoms with E-state index in [1.54, 1.807) is 39.0 Å². The number of fused-ring (bicyclic) bond motifs is 1. The minimum atomic E-state index is -5.49. The Morgan fingerprint density at radius 3 is 2.40 bits per heavy atom. The van der Waals surface area contributed by atoms with E-state index in [4.69, 9.17) is 19.9 Å². The summed E-state index contributed by atoms with van der Waals surface area (Å²) >= 11 is 0. The molecule has 0 bridgehead atoms. The lowest BCUT2D eigenvalue weighted by Crippen LogP contribution is -2.54. The number of hydrogen-bond donors (Lipinski definition) is 4. The Morgan fingerprint density at radius 1 is 0.979 bits per heavy atom. The predicted molar refractivity (Wildman–Crippen MR) is 174 cm³/mol. The summed E-state index contributed by atoms with van der Waals surface area (Å²) in [5, 5.41) is 6.30. The number of ether oxygens (including phenoxy) is 3. The summed E-state index contributed by atoms with van der Waals surface area (Å²) in [5.74, 6) is -3.35. The van der Waals surface area contributed by atoms with Crippen molar-refractivity contribution < 1.29 is 45.4 Å². The van der Waals surface area contributed by atoms with Crippen LogP contribution in [0, 0.1) is 0 Å². The van der Waals surface area contributed by atoms with E-state index >= 15 is 0 Å². The van der Waals surface area contributed by atoms with Crippen LogP contribution in [0.1, 0.15) is 31.9 Å². The minimum Gasteiger partial charge on any atom is -0.490 e. The van der Waals surface area contributed by atoms with Crippen molar-refractivity contribution in [2.45, 2.75) is 45.3 Å². The Labute approximate surface area is 274 Å². The number of anilines is 3. The fraction of sp³-hybridized carbons (Fsp3) is 0.281. The quantitative estimate of drug-likeness (QED) is 0.110. The fourth-order valence-corrected chi connectivity index (χ4v) is 5.24. The smallest absolute Gasteiger partial charge is 0.490 e. The number of amides is 1. The van der Waals surface area contributed by atoms with Gasteiger partial charge in [-0.1, -0.05) is 12.1 Å². The molecule has 256 valence electrons. The van der Waals surface area contributed by atoms with Crippen molar-refractivity contribution in [2.75, 3.05) is 28.6 Å². The van der Waals surface area contributed by atoms with Gasteiger partial charge in [0.15, 0.2) is 11.5 Å². The molecule has 0 fully saturated rings. The molecule has 1 amide bonds. The zero-order valence-electron chi connectivity index (χ0n) is 26.3. The number of rotatable bonds is 13. The van der Waals surface area contributed by atoms with E-state index < -0.39 is 33.8 Å². The first kappa shape index (κ1) is 35.6. The zero-order valence-corrected chi connectivity index (χ0v) is 27.2. The number of esters is 1. The van der Waals surface area contributed by atoms with Crippen LogP contribution in [0.15, 0.2) is 72.9 Å². The molecule has 5 N–H and O–H groups in total. The van der Waals surface area contributed by atoms with E-state index in [2.05, 4.69) is 20.3 Å². The van der Waals surface area contributed by atoms with Crippen LogP contribution in [-0.2, 0) is 36.6 Å². The van der Waals surface area contributed by atoms with Crippen LogP contribution < -0.4 is 30.6 Å². The summed E-state index contributed by atoms with van der Waals surface area (Å²) in [6.45, 7) is 5.02. The summed E-state index contributed by atoms with van der Waals surface area (Å²) in [6.07, 6.45) is -3.41. The number of nitrogens with zero attached hydrogens (tertiary/aromatic N) is 1. The SMILES string of the molecule is CCOc1cc(C(Nc2ccc3c(N)nccc3c2)(OC(=O)C(F)(F)F)C(=O)NCc2cccc(NS(C)(=O)=O)c2)ccc1OC(C)C. The van der Waals surface area contributed by atoms with Crippen LogP contribution in [0.2, 0.25) is 0 Å². The molecule has 0 saturated carbocycles. The molecule has 3 aromatic carbocycles. The van der Waals surface area contributed by atoms with Crippen LogP contribution in [0.5, 0.6) is 11.5 Å². The van der Waals surface area contributed by atoms with Gasteiger partial charge in [0.05, 0.1) is 19.0 Å². The second kappa shape index (κ2) is 14.3. The summed E-state index contributed by atoms with van der Waals surface area (Å²) in [7, 11) is -3.63. The highest BCUT2D eigenvalue weighted by atomic mass is 32.2. The third-order valence-corrected chi connectivity index (χ3v) is 7.22. The number of carbonyl (C=O) groups is 2. The highest BCUT2D eigenvalue weighted by molar-refractivity contribution is 7.92. The Morgan fingerprint density at radius 2 is 1.73 bits per heavy atom. The van der Waals surface area contributed by atoms with Crippen molar-refractivity contribution in [3.05, 3.63) is 84.1 Å². The second-order valence-electron chi connectivity index (χ2n) is 10.8. The number of aromatic nitrogens is 1. The van der Waals surface area contributed by atoms with Crippen molar-refractivity contribution >= 4 is 49.9 Å². The normalized spacial score (nSPS) is 13.0. The number of halogens is 3. The molecule has 0 aliphatic carbocycles. The maximum atomic E-state index is 14.2. The van der Waals surface area contributed by atoms with Crippen LogP contribution in [0.4, 0.5) is 30.4 Å². The van der Waals surface area contributed by atoms with Gasteiger partial charge in [0.1, 0.15) is 5.82 Å². The van der Waals surface area contributed by atoms with Crippen molar-refractivity contribution in [2.24, 2.45) is 0 Å². The molecule has 1 atom stereocenters. The number of sulfonamides is 1. The summed E-state index contributed by atoms with van der Waals surface area (Å²) in [4.78, 5) is 30.8. The lowest BCUT2D eigenvalue weighted by atomic mass is 9.99. The molecule has 0 aliphatic heterocycles. The average Bonchev–Trinajstić information content (AvgIpc) is 2.99. The maximum Gasteiger partial charge on any atom is 0.491 e. The van der Waals surface area contributed by atoms with Gasteiger partial charge in [0, 0.05) is 35.1 Å². The molecule has 0 spiro atoms. The molecule has 16 heteroatoms. The minimum absolute atomic E-state index is 0.0719. The monoisotopic (exact) mass is 689 g/mol. The van der Waals surface area contributed by atoms with Gasteiger partial charge in [0.25, 0.3) is 11.6 Å². The molecule has 12 nitrogen and oxygen atoms in total. The number of hydrogen-bond acceptors (Lipinski definition) is 10. The maximum absolute atomic E-state index is 14.2. The van der Waals surface area contributed by atoms with Gasteiger partial charge < -0.3 is 30.6 Å². The van der Waals surface area contributed by atoms with Crippen molar-refractivity contribution in [1.82, 2.24) is 10.3 Å². The van der Waals surface area contributed by atoms with E-state index in [-0.39, 0.29) is 53.5 Å². The topological polar surface area (TPSA) is 171 Å². The van der Waals surface area contributed by atoms with E-state index in [1.165, 1.54) is 54.7 Å². The first-order valence-electron chi connectivity index (χ1n) is 14.5. The average molecular weight is 690 g/mol. The van der Waals surface area contributed by atoms with Crippen LogP contribution in [0.25, 0.3) is 10.8 Å². The Kier molecular flexibility index (Phi) is 10.6. The van der Waals surface area contributed by atoms with E-state index in [1.807, 2.05) is 0 Å². The number of alkyl halides is 3. The van der Waals surface area contributed by atoms with Gasteiger partial charge >= 0.3 is 12.1 Å². The highest BCUT2D eigenvalue weighted by Gasteiger charge is 2.52.